The topological polar surface area (TPSA) is 53.1 Å². The monoisotopic (exact) mass is 339 g/mol. The number of aromatic nitrogens is 2. The number of alkyl halides is 2. The van der Waals surface area contributed by atoms with Crippen LogP contribution in [0.3, 0.4) is 0 Å². The second-order valence-corrected chi connectivity index (χ2v) is 5.12. The minimum atomic E-state index is -3.91. The van der Waals surface area contributed by atoms with Gasteiger partial charge in [0.15, 0.2) is 11.6 Å². The number of halogens is 4. The lowest BCUT2D eigenvalue weighted by Crippen LogP contribution is -2.27. The number of nitrogen functional groups attached to an aromatic ring is 1. The summed E-state index contributed by atoms with van der Waals surface area (Å²) >= 11 is 0. The van der Waals surface area contributed by atoms with Crippen LogP contribution in [0.15, 0.2) is 36.4 Å². The molecule has 0 fully saturated rings. The molecular weight excluding hydrogens is 326 g/mol. The number of rotatable bonds is 4. The van der Waals surface area contributed by atoms with Crippen molar-refractivity contribution >= 4 is 16.7 Å². The van der Waals surface area contributed by atoms with E-state index in [0.29, 0.717) is 17.3 Å². The highest BCUT2D eigenvalue weighted by molar-refractivity contribution is 5.79. The predicted octanol–water partition coefficient (Wildman–Crippen LogP) is 4.04. The molecule has 0 unspecified atom stereocenters. The molecular formula is C16H13F4N3O. The molecule has 4 nitrogen and oxygen atoms in total. The quantitative estimate of drug-likeness (QED) is 0.576. The maximum Gasteiger partial charge on any atom is 0.461 e. The second-order valence-electron chi connectivity index (χ2n) is 5.12. The number of ether oxygens (including phenoxy) is 1. The number of aryl methyl sites for hydroxylation is 1. The van der Waals surface area contributed by atoms with Crippen LogP contribution in [0.4, 0.5) is 23.2 Å². The van der Waals surface area contributed by atoms with Crippen LogP contribution in [0.1, 0.15) is 12.7 Å². The van der Waals surface area contributed by atoms with Gasteiger partial charge < -0.3 is 15.0 Å². The Labute approximate surface area is 134 Å². The molecule has 0 spiro atoms. The molecule has 0 aliphatic carbocycles. The zero-order valence-corrected chi connectivity index (χ0v) is 12.6. The van der Waals surface area contributed by atoms with Gasteiger partial charge in [-0.15, -0.1) is 0 Å². The minimum absolute atomic E-state index is 0.195. The van der Waals surface area contributed by atoms with E-state index >= 15 is 0 Å². The van der Waals surface area contributed by atoms with E-state index in [2.05, 4.69) is 9.72 Å². The summed E-state index contributed by atoms with van der Waals surface area (Å²) in [6.07, 6.45) is -3.91. The molecule has 3 aromatic rings. The van der Waals surface area contributed by atoms with Gasteiger partial charge in [-0.2, -0.15) is 8.78 Å². The SMILES string of the molecule is CCn1c(C(F)(F)Oc2ccc(F)cc2F)nc2cc(N)ccc21. The van der Waals surface area contributed by atoms with E-state index in [9.17, 15) is 17.6 Å². The Morgan fingerprint density at radius 3 is 2.58 bits per heavy atom. The van der Waals surface area contributed by atoms with Crippen LogP contribution in [0.2, 0.25) is 0 Å². The van der Waals surface area contributed by atoms with E-state index in [-0.39, 0.29) is 12.1 Å². The number of nitrogens with zero attached hydrogens (tertiary/aromatic N) is 2. The number of nitrogens with two attached hydrogens (primary N) is 1. The third-order valence-corrected chi connectivity index (χ3v) is 3.48. The van der Waals surface area contributed by atoms with Gasteiger partial charge in [0.1, 0.15) is 5.82 Å². The summed E-state index contributed by atoms with van der Waals surface area (Å²) in [7, 11) is 0. The number of fused-ring (bicyclic) bond motifs is 1. The van der Waals surface area contributed by atoms with Gasteiger partial charge in [-0.25, -0.2) is 13.8 Å². The van der Waals surface area contributed by atoms with Crippen LogP contribution >= 0.6 is 0 Å². The smallest absolute Gasteiger partial charge is 0.423 e. The first-order valence-electron chi connectivity index (χ1n) is 7.10. The number of benzene rings is 2. The molecule has 126 valence electrons. The highest BCUT2D eigenvalue weighted by Crippen LogP contribution is 2.34. The number of hydrogen-bond donors (Lipinski definition) is 1. The molecule has 3 rings (SSSR count). The summed E-state index contributed by atoms with van der Waals surface area (Å²) in [6.45, 7) is 1.86. The Balaban J connectivity index is 2.07. The highest BCUT2D eigenvalue weighted by atomic mass is 19.3. The van der Waals surface area contributed by atoms with Crippen LogP contribution in [0.25, 0.3) is 11.0 Å². The molecule has 0 aliphatic heterocycles. The summed E-state index contributed by atoms with van der Waals surface area (Å²) in [5.41, 5.74) is 6.74. The molecule has 0 atom stereocenters. The van der Waals surface area contributed by atoms with E-state index < -0.39 is 29.3 Å². The normalized spacial score (nSPS) is 11.9. The van der Waals surface area contributed by atoms with E-state index in [1.165, 1.54) is 10.6 Å². The fourth-order valence-corrected chi connectivity index (χ4v) is 2.43. The first-order chi connectivity index (χ1) is 11.3. The Morgan fingerprint density at radius 1 is 1.17 bits per heavy atom. The Bertz CT molecular complexity index is 908. The van der Waals surface area contributed by atoms with Crippen molar-refractivity contribution in [2.45, 2.75) is 19.6 Å². The summed E-state index contributed by atoms with van der Waals surface area (Å²) < 4.78 is 61.2. The molecule has 2 aromatic carbocycles. The summed E-state index contributed by atoms with van der Waals surface area (Å²) in [5, 5.41) is 0. The lowest BCUT2D eigenvalue weighted by atomic mass is 10.3. The number of hydrogen-bond acceptors (Lipinski definition) is 3. The van der Waals surface area contributed by atoms with E-state index in [0.717, 1.165) is 12.1 Å². The first-order valence-corrected chi connectivity index (χ1v) is 7.10. The molecule has 0 bridgehead atoms. The van der Waals surface area contributed by atoms with Crippen molar-refractivity contribution in [2.75, 3.05) is 5.73 Å². The van der Waals surface area contributed by atoms with Crippen LogP contribution in [-0.2, 0) is 12.7 Å². The summed E-state index contributed by atoms with van der Waals surface area (Å²) in [4.78, 5) is 3.87. The standard InChI is InChI=1S/C16H13F4N3O/c1-2-23-13-5-4-10(21)8-12(13)22-15(23)16(19,20)24-14-6-3-9(17)7-11(14)18/h3-8H,2,21H2,1H3. The zero-order valence-electron chi connectivity index (χ0n) is 12.6. The molecule has 0 aliphatic rings. The summed E-state index contributed by atoms with van der Waals surface area (Å²) in [5.74, 6) is -3.57. The van der Waals surface area contributed by atoms with E-state index in [1.54, 1.807) is 19.1 Å². The molecule has 0 saturated heterocycles. The third kappa shape index (κ3) is 2.75. The number of imidazole rings is 1. The molecule has 0 radical (unpaired) electrons. The predicted molar refractivity (Wildman–Crippen MR) is 80.7 cm³/mol. The molecule has 1 heterocycles. The molecule has 2 N–H and O–H groups in total. The van der Waals surface area contributed by atoms with Crippen molar-refractivity contribution in [3.63, 3.8) is 0 Å². The van der Waals surface area contributed by atoms with Crippen molar-refractivity contribution in [1.29, 1.82) is 0 Å². The minimum Gasteiger partial charge on any atom is -0.423 e. The maximum absolute atomic E-state index is 14.5. The maximum atomic E-state index is 14.5. The summed E-state index contributed by atoms with van der Waals surface area (Å²) in [6, 6.07) is 6.69. The lowest BCUT2D eigenvalue weighted by molar-refractivity contribution is -0.195. The van der Waals surface area contributed by atoms with E-state index in [4.69, 9.17) is 5.73 Å². The Morgan fingerprint density at radius 2 is 1.92 bits per heavy atom. The average molecular weight is 339 g/mol. The van der Waals surface area contributed by atoms with Gasteiger partial charge in [-0.3, -0.25) is 0 Å². The van der Waals surface area contributed by atoms with Crippen LogP contribution in [0.5, 0.6) is 5.75 Å². The van der Waals surface area contributed by atoms with Gasteiger partial charge in [0.05, 0.1) is 11.0 Å². The van der Waals surface area contributed by atoms with Crippen molar-refractivity contribution in [3.8, 4) is 5.75 Å². The highest BCUT2D eigenvalue weighted by Gasteiger charge is 2.41. The molecule has 0 saturated carbocycles. The average Bonchev–Trinajstić information content (AvgIpc) is 2.88. The van der Waals surface area contributed by atoms with Gasteiger partial charge >= 0.3 is 6.11 Å². The van der Waals surface area contributed by atoms with E-state index in [1.807, 2.05) is 0 Å². The van der Waals surface area contributed by atoms with Crippen LogP contribution < -0.4 is 10.5 Å². The van der Waals surface area contributed by atoms with Crippen molar-refractivity contribution in [2.24, 2.45) is 0 Å². The van der Waals surface area contributed by atoms with Gasteiger partial charge in [0, 0.05) is 18.3 Å². The fourth-order valence-electron chi connectivity index (χ4n) is 2.43. The molecule has 24 heavy (non-hydrogen) atoms. The molecule has 0 amide bonds. The second kappa shape index (κ2) is 5.70. The lowest BCUT2D eigenvalue weighted by Gasteiger charge is -2.18. The van der Waals surface area contributed by atoms with Crippen molar-refractivity contribution in [1.82, 2.24) is 9.55 Å². The Kier molecular flexibility index (Phi) is 3.82. The first kappa shape index (κ1) is 16.1. The molecule has 8 heteroatoms. The van der Waals surface area contributed by atoms with Gasteiger partial charge in [0.25, 0.3) is 0 Å². The van der Waals surface area contributed by atoms with Gasteiger partial charge in [-0.05, 0) is 37.3 Å². The number of anilines is 1. The Hall–Kier alpha value is -2.77. The largest absolute Gasteiger partial charge is 0.461 e. The van der Waals surface area contributed by atoms with Crippen LogP contribution in [-0.4, -0.2) is 9.55 Å². The zero-order chi connectivity index (χ0) is 17.5. The van der Waals surface area contributed by atoms with Gasteiger partial charge in [0.2, 0.25) is 5.82 Å². The van der Waals surface area contributed by atoms with Crippen LogP contribution in [0, 0.1) is 11.6 Å². The van der Waals surface area contributed by atoms with Crippen molar-refractivity contribution in [3.05, 3.63) is 53.9 Å². The molecule has 1 aromatic heterocycles. The third-order valence-electron chi connectivity index (χ3n) is 3.48. The van der Waals surface area contributed by atoms with Gasteiger partial charge in [-0.1, -0.05) is 0 Å². The fraction of sp³-hybridized carbons (Fsp3) is 0.188. The van der Waals surface area contributed by atoms with Crippen molar-refractivity contribution < 1.29 is 22.3 Å².